The second-order valence-electron chi connectivity index (χ2n) is 4.80. The third kappa shape index (κ3) is 4.63. The summed E-state index contributed by atoms with van der Waals surface area (Å²) >= 11 is 5.58. The Morgan fingerprint density at radius 2 is 2.13 bits per heavy atom. The number of carbonyl (C=O) groups excluding carboxylic acids is 2. The zero-order chi connectivity index (χ0) is 16.8. The fraction of sp³-hybridized carbons (Fsp3) is 0.312. The smallest absolute Gasteiger partial charge is 0.360 e. The summed E-state index contributed by atoms with van der Waals surface area (Å²) in [5.74, 6) is -0.865. The highest BCUT2D eigenvalue weighted by atomic mass is 35.5. The molecule has 0 aliphatic carbocycles. The third-order valence-corrected chi connectivity index (χ3v) is 3.42. The average molecular weight is 340 g/mol. The third-order valence-electron chi connectivity index (χ3n) is 3.11. The number of hydrogen-bond acceptors (Lipinski definition) is 5. The van der Waals surface area contributed by atoms with Crippen LogP contribution in [-0.4, -0.2) is 23.5 Å². The van der Waals surface area contributed by atoms with Crippen LogP contribution in [0.4, 0.5) is 4.39 Å². The number of esters is 1. The molecule has 2 aromatic rings. The lowest BCUT2D eigenvalue weighted by Crippen LogP contribution is -2.04. The van der Waals surface area contributed by atoms with Crippen molar-refractivity contribution in [3.63, 3.8) is 0 Å². The van der Waals surface area contributed by atoms with Gasteiger partial charge in [-0.05, 0) is 31.5 Å². The van der Waals surface area contributed by atoms with E-state index in [4.69, 9.17) is 20.9 Å². The predicted octanol–water partition coefficient (Wildman–Crippen LogP) is 3.85. The zero-order valence-electron chi connectivity index (χ0n) is 12.5. The number of benzene rings is 1. The normalized spacial score (nSPS) is 10.6. The van der Waals surface area contributed by atoms with Crippen molar-refractivity contribution in [2.24, 2.45) is 0 Å². The Labute approximate surface area is 137 Å². The molecule has 1 aromatic heterocycles. The molecule has 2 rings (SSSR count). The second kappa shape index (κ2) is 7.87. The highest BCUT2D eigenvalue weighted by molar-refractivity contribution is 6.30. The van der Waals surface area contributed by atoms with Crippen molar-refractivity contribution in [1.29, 1.82) is 0 Å². The largest absolute Gasteiger partial charge is 0.461 e. The van der Waals surface area contributed by atoms with E-state index in [1.807, 2.05) is 0 Å². The lowest BCUT2D eigenvalue weighted by Gasteiger charge is -2.01. The molecule has 0 unspecified atom stereocenters. The number of halogens is 2. The molecule has 0 spiro atoms. The molecule has 23 heavy (non-hydrogen) atoms. The van der Waals surface area contributed by atoms with Crippen molar-refractivity contribution < 1.29 is 23.2 Å². The minimum atomic E-state index is -0.619. The molecule has 0 N–H and O–H groups in total. The van der Waals surface area contributed by atoms with Crippen LogP contribution in [-0.2, 0) is 11.2 Å². The van der Waals surface area contributed by atoms with E-state index in [-0.39, 0.29) is 35.1 Å². The van der Waals surface area contributed by atoms with Gasteiger partial charge in [0, 0.05) is 24.5 Å². The van der Waals surface area contributed by atoms with Gasteiger partial charge in [0.15, 0.2) is 11.5 Å². The van der Waals surface area contributed by atoms with Crippen molar-refractivity contribution in [2.45, 2.75) is 26.2 Å². The van der Waals surface area contributed by atoms with Gasteiger partial charge in [0.05, 0.1) is 11.6 Å². The molecule has 0 atom stereocenters. The molecule has 0 aliphatic rings. The Morgan fingerprint density at radius 3 is 2.83 bits per heavy atom. The molecule has 1 heterocycles. The minimum Gasteiger partial charge on any atom is -0.461 e. The standard InChI is InChI=1S/C16H15ClFNO4/c1-2-22-16(21)14-9-11(23-19-14)4-3-5-15(20)10-6-7-12(17)13(18)8-10/h6-9H,2-5H2,1H3. The van der Waals surface area contributed by atoms with E-state index in [0.717, 1.165) is 6.07 Å². The lowest BCUT2D eigenvalue weighted by molar-refractivity contribution is 0.0514. The van der Waals surface area contributed by atoms with E-state index in [1.165, 1.54) is 18.2 Å². The van der Waals surface area contributed by atoms with E-state index < -0.39 is 11.8 Å². The van der Waals surface area contributed by atoms with Crippen molar-refractivity contribution in [2.75, 3.05) is 6.61 Å². The first-order valence-electron chi connectivity index (χ1n) is 7.12. The summed E-state index contributed by atoms with van der Waals surface area (Å²) in [6.45, 7) is 1.96. The topological polar surface area (TPSA) is 69.4 Å². The van der Waals surface area contributed by atoms with Crippen LogP contribution < -0.4 is 0 Å². The van der Waals surface area contributed by atoms with Gasteiger partial charge in [0.1, 0.15) is 11.6 Å². The highest BCUT2D eigenvalue weighted by Gasteiger charge is 2.14. The van der Waals surface area contributed by atoms with Crippen LogP contribution in [0.5, 0.6) is 0 Å². The number of Topliss-reactive ketones (excluding diaryl/α,β-unsaturated/α-hetero) is 1. The molecule has 122 valence electrons. The molecule has 0 bridgehead atoms. The number of rotatable bonds is 7. The van der Waals surface area contributed by atoms with Gasteiger partial charge >= 0.3 is 5.97 Å². The molecular formula is C16H15ClFNO4. The van der Waals surface area contributed by atoms with Crippen LogP contribution in [0.25, 0.3) is 0 Å². The van der Waals surface area contributed by atoms with Crippen LogP contribution in [0.2, 0.25) is 5.02 Å². The summed E-state index contributed by atoms with van der Waals surface area (Å²) in [6, 6.07) is 5.45. The average Bonchev–Trinajstić information content (AvgIpc) is 2.99. The maximum absolute atomic E-state index is 13.3. The maximum atomic E-state index is 13.3. The second-order valence-corrected chi connectivity index (χ2v) is 5.21. The van der Waals surface area contributed by atoms with Crippen molar-refractivity contribution >= 4 is 23.4 Å². The van der Waals surface area contributed by atoms with Crippen LogP contribution in [0, 0.1) is 5.82 Å². The summed E-state index contributed by atoms with van der Waals surface area (Å²) in [4.78, 5) is 23.4. The van der Waals surface area contributed by atoms with Gasteiger partial charge < -0.3 is 9.26 Å². The lowest BCUT2D eigenvalue weighted by atomic mass is 10.0. The van der Waals surface area contributed by atoms with E-state index in [1.54, 1.807) is 6.92 Å². The molecule has 0 radical (unpaired) electrons. The molecule has 0 amide bonds. The number of ether oxygens (including phenoxy) is 1. The van der Waals surface area contributed by atoms with E-state index in [2.05, 4.69) is 5.16 Å². The van der Waals surface area contributed by atoms with Crippen molar-refractivity contribution in [3.05, 3.63) is 52.1 Å². The molecule has 0 aliphatic heterocycles. The van der Waals surface area contributed by atoms with Gasteiger partial charge in [-0.15, -0.1) is 0 Å². The quantitative estimate of drug-likeness (QED) is 0.566. The summed E-state index contributed by atoms with van der Waals surface area (Å²) in [7, 11) is 0. The first-order chi connectivity index (χ1) is 11.0. The van der Waals surface area contributed by atoms with Gasteiger partial charge in [0.25, 0.3) is 0 Å². The number of hydrogen-bond donors (Lipinski definition) is 0. The van der Waals surface area contributed by atoms with Crippen molar-refractivity contribution in [1.82, 2.24) is 5.16 Å². The summed E-state index contributed by atoms with van der Waals surface area (Å²) in [5, 5.41) is 3.59. The summed E-state index contributed by atoms with van der Waals surface area (Å²) in [5.41, 5.74) is 0.379. The number of nitrogens with zero attached hydrogens (tertiary/aromatic N) is 1. The van der Waals surface area contributed by atoms with Gasteiger partial charge in [-0.3, -0.25) is 4.79 Å². The summed E-state index contributed by atoms with van der Waals surface area (Å²) < 4.78 is 23.1. The molecule has 7 heteroatoms. The predicted molar refractivity (Wildman–Crippen MR) is 81.1 cm³/mol. The molecule has 0 saturated heterocycles. The van der Waals surface area contributed by atoms with Crippen molar-refractivity contribution in [3.8, 4) is 0 Å². The van der Waals surface area contributed by atoms with Gasteiger partial charge in [-0.1, -0.05) is 16.8 Å². The Hall–Kier alpha value is -2.21. The van der Waals surface area contributed by atoms with Gasteiger partial charge in [0.2, 0.25) is 0 Å². The molecular weight excluding hydrogens is 325 g/mol. The van der Waals surface area contributed by atoms with Crippen LogP contribution in [0.15, 0.2) is 28.8 Å². The monoisotopic (exact) mass is 339 g/mol. The Bertz CT molecular complexity index is 714. The number of aromatic nitrogens is 1. The van der Waals surface area contributed by atoms with E-state index >= 15 is 0 Å². The fourth-order valence-electron chi connectivity index (χ4n) is 1.97. The number of ketones is 1. The van der Waals surface area contributed by atoms with Gasteiger partial charge in [-0.25, -0.2) is 9.18 Å². The Morgan fingerprint density at radius 1 is 1.35 bits per heavy atom. The first kappa shape index (κ1) is 17.1. The molecule has 5 nitrogen and oxygen atoms in total. The summed E-state index contributed by atoms with van der Waals surface area (Å²) in [6.07, 6.45) is 1.14. The van der Waals surface area contributed by atoms with Crippen LogP contribution in [0.1, 0.15) is 46.4 Å². The zero-order valence-corrected chi connectivity index (χ0v) is 13.2. The van der Waals surface area contributed by atoms with Crippen LogP contribution >= 0.6 is 11.6 Å². The SMILES string of the molecule is CCOC(=O)c1cc(CCCC(=O)c2ccc(Cl)c(F)c2)on1. The highest BCUT2D eigenvalue weighted by Crippen LogP contribution is 2.17. The molecule has 0 fully saturated rings. The number of aryl methyl sites for hydroxylation is 1. The first-order valence-corrected chi connectivity index (χ1v) is 7.50. The maximum Gasteiger partial charge on any atom is 0.360 e. The minimum absolute atomic E-state index is 0.0188. The van der Waals surface area contributed by atoms with Crippen LogP contribution in [0.3, 0.4) is 0 Å². The van der Waals surface area contributed by atoms with E-state index in [9.17, 15) is 14.0 Å². The number of carbonyl (C=O) groups is 2. The fourth-order valence-corrected chi connectivity index (χ4v) is 2.09. The van der Waals surface area contributed by atoms with Gasteiger partial charge in [-0.2, -0.15) is 0 Å². The Kier molecular flexibility index (Phi) is 5.87. The molecule has 0 saturated carbocycles. The molecule has 1 aromatic carbocycles. The van der Waals surface area contributed by atoms with E-state index in [0.29, 0.717) is 18.6 Å². The Balaban J connectivity index is 1.86.